The lowest BCUT2D eigenvalue weighted by molar-refractivity contribution is -0.117. The van der Waals surface area contributed by atoms with Gasteiger partial charge in [-0.1, -0.05) is 19.4 Å². The number of piperidine rings is 1. The summed E-state index contributed by atoms with van der Waals surface area (Å²) in [6, 6.07) is 4.50. The van der Waals surface area contributed by atoms with E-state index < -0.39 is 11.7 Å². The number of carbonyl (C=O) groups excluding carboxylic acids is 3. The zero-order chi connectivity index (χ0) is 33.0. The molecule has 46 heavy (non-hydrogen) atoms. The van der Waals surface area contributed by atoms with E-state index in [2.05, 4.69) is 22.2 Å². The van der Waals surface area contributed by atoms with Gasteiger partial charge in [0.15, 0.2) is 0 Å². The lowest BCUT2D eigenvalue weighted by Gasteiger charge is -2.44. The fourth-order valence-electron chi connectivity index (χ4n) is 6.27. The Labute approximate surface area is 270 Å². The summed E-state index contributed by atoms with van der Waals surface area (Å²) in [5.41, 5.74) is 0.707. The van der Waals surface area contributed by atoms with Crippen molar-refractivity contribution in [3.63, 3.8) is 0 Å². The van der Waals surface area contributed by atoms with Crippen LogP contribution in [0.1, 0.15) is 64.9 Å². The van der Waals surface area contributed by atoms with Crippen LogP contribution in [0.15, 0.2) is 37.1 Å². The van der Waals surface area contributed by atoms with E-state index in [1.807, 2.05) is 20.8 Å². The van der Waals surface area contributed by atoms with Crippen LogP contribution in [-0.4, -0.2) is 83.9 Å². The molecule has 248 valence electrons. The zero-order valence-corrected chi connectivity index (χ0v) is 27.4. The first-order valence-electron chi connectivity index (χ1n) is 15.9. The molecule has 1 aliphatic carbocycles. The van der Waals surface area contributed by atoms with Gasteiger partial charge >= 0.3 is 12.1 Å². The molecule has 2 N–H and O–H groups in total. The van der Waals surface area contributed by atoms with E-state index in [0.29, 0.717) is 54.9 Å². The number of hydrogen-bond donors (Lipinski definition) is 2. The third-order valence-corrected chi connectivity index (χ3v) is 8.49. The average Bonchev–Trinajstić information content (AvgIpc) is 3.04. The smallest absolute Gasteiger partial charge is 0.410 e. The number of aromatic nitrogens is 2. The molecule has 0 bridgehead atoms. The number of fused-ring (bicyclic) bond motifs is 1. The largest absolute Gasteiger partial charge is 0.497 e. The second-order valence-corrected chi connectivity index (χ2v) is 12.9. The predicted molar refractivity (Wildman–Crippen MR) is 174 cm³/mol. The van der Waals surface area contributed by atoms with Crippen molar-refractivity contribution < 1.29 is 28.6 Å². The van der Waals surface area contributed by atoms with Gasteiger partial charge in [-0.2, -0.15) is 4.98 Å². The van der Waals surface area contributed by atoms with Gasteiger partial charge in [-0.25, -0.2) is 14.6 Å². The molecule has 3 unspecified atom stereocenters. The Morgan fingerprint density at radius 3 is 2.37 bits per heavy atom. The molecular weight excluding hydrogens is 590 g/mol. The first-order chi connectivity index (χ1) is 22.0. The van der Waals surface area contributed by atoms with Gasteiger partial charge in [0.2, 0.25) is 11.9 Å². The van der Waals surface area contributed by atoms with E-state index in [1.54, 1.807) is 53.3 Å². The number of nitrogens with zero attached hydrogens (tertiary/aromatic N) is 5. The Kier molecular flexibility index (Phi) is 9.88. The Morgan fingerprint density at radius 1 is 1.02 bits per heavy atom. The molecule has 2 aliphatic heterocycles. The number of anilines is 3. The van der Waals surface area contributed by atoms with Gasteiger partial charge in [0.05, 0.1) is 32.5 Å². The van der Waals surface area contributed by atoms with Crippen LogP contribution in [0, 0.1) is 0 Å². The molecule has 4 amide bonds. The highest BCUT2D eigenvalue weighted by Gasteiger charge is 2.41. The quantitative estimate of drug-likeness (QED) is 0.389. The fraction of sp³-hybridized carbons (Fsp3) is 0.545. The van der Waals surface area contributed by atoms with E-state index in [4.69, 9.17) is 19.2 Å². The van der Waals surface area contributed by atoms with Crippen LogP contribution in [0.4, 0.5) is 27.0 Å². The maximum atomic E-state index is 14.5. The second-order valence-electron chi connectivity index (χ2n) is 12.9. The van der Waals surface area contributed by atoms with E-state index in [1.165, 1.54) is 6.08 Å². The van der Waals surface area contributed by atoms with Crippen LogP contribution in [0.25, 0.3) is 0 Å². The minimum Gasteiger partial charge on any atom is -0.497 e. The number of methoxy groups -OCH3 is 2. The molecule has 3 aliphatic rings. The standard InChI is InChI=1S/C33H45N7O6/c1-7-28(41)35-26-12-8-9-13-27(26)36-30-34-18-21-19-39(23-15-24(44-5)17-25(16-23)45-6)31(42)40(29(21)37-30)22-11-10-14-38(20-22)32(43)46-33(2,3)4/h7,15-18,22,26-27H,1,8-14,19-20H2,2-6H3,(H,35,41)(H,34,36,37). The van der Waals surface area contributed by atoms with Crippen molar-refractivity contribution in [1.82, 2.24) is 20.2 Å². The number of ether oxygens (including phenoxy) is 3. The van der Waals surface area contributed by atoms with Crippen molar-refractivity contribution in [3.05, 3.63) is 42.6 Å². The molecule has 13 heteroatoms. The van der Waals surface area contributed by atoms with Gasteiger partial charge in [0.25, 0.3) is 0 Å². The van der Waals surface area contributed by atoms with Gasteiger partial charge in [-0.15, -0.1) is 0 Å². The highest BCUT2D eigenvalue weighted by Crippen LogP contribution is 2.37. The number of nitrogens with one attached hydrogen (secondary N) is 2. The minimum atomic E-state index is -0.643. The lowest BCUT2D eigenvalue weighted by atomic mass is 9.90. The molecule has 2 fully saturated rings. The highest BCUT2D eigenvalue weighted by atomic mass is 16.6. The summed E-state index contributed by atoms with van der Waals surface area (Å²) < 4.78 is 16.7. The van der Waals surface area contributed by atoms with Gasteiger partial charge in [0, 0.05) is 55.1 Å². The Balaban J connectivity index is 1.50. The summed E-state index contributed by atoms with van der Waals surface area (Å²) in [5.74, 6) is 1.75. The first-order valence-corrected chi connectivity index (χ1v) is 15.9. The second kappa shape index (κ2) is 13.8. The third-order valence-electron chi connectivity index (χ3n) is 8.49. The molecule has 3 atom stereocenters. The first kappa shape index (κ1) is 32.8. The number of likely N-dealkylation sites (tertiary alicyclic amines) is 1. The number of carbonyl (C=O) groups is 3. The van der Waals surface area contributed by atoms with Crippen molar-refractivity contribution in [2.45, 2.75) is 89.6 Å². The van der Waals surface area contributed by atoms with Crippen molar-refractivity contribution >= 4 is 35.5 Å². The molecular formula is C33H45N7O6. The molecule has 0 radical (unpaired) electrons. The highest BCUT2D eigenvalue weighted by molar-refractivity contribution is 6.06. The fourth-order valence-corrected chi connectivity index (χ4v) is 6.27. The van der Waals surface area contributed by atoms with Crippen molar-refractivity contribution in [1.29, 1.82) is 0 Å². The molecule has 2 aromatic rings. The Hall–Kier alpha value is -4.55. The monoisotopic (exact) mass is 635 g/mol. The van der Waals surface area contributed by atoms with Crippen LogP contribution < -0.4 is 29.9 Å². The number of rotatable bonds is 8. The number of urea groups is 1. The third kappa shape index (κ3) is 7.45. The molecule has 1 aromatic heterocycles. The summed E-state index contributed by atoms with van der Waals surface area (Å²) in [7, 11) is 3.13. The van der Waals surface area contributed by atoms with Crippen LogP contribution in [0.2, 0.25) is 0 Å². The van der Waals surface area contributed by atoms with E-state index in [-0.39, 0.29) is 36.6 Å². The Bertz CT molecular complexity index is 1440. The normalized spacial score (nSPS) is 21.6. The maximum absolute atomic E-state index is 14.5. The summed E-state index contributed by atoms with van der Waals surface area (Å²) >= 11 is 0. The van der Waals surface area contributed by atoms with Gasteiger partial charge in [-0.3, -0.25) is 14.6 Å². The SMILES string of the molecule is C=CC(=O)NC1CCCCC1Nc1ncc2c(n1)N(C1CCCN(C(=O)OC(C)(C)C)C1)C(=O)N(c1cc(OC)cc(OC)c1)C2. The topological polar surface area (TPSA) is 138 Å². The maximum Gasteiger partial charge on any atom is 0.410 e. The predicted octanol–water partition coefficient (Wildman–Crippen LogP) is 4.87. The molecule has 5 rings (SSSR count). The molecule has 1 saturated carbocycles. The lowest BCUT2D eigenvalue weighted by Crippen LogP contribution is -2.58. The summed E-state index contributed by atoms with van der Waals surface area (Å²) in [4.78, 5) is 54.3. The molecule has 0 spiro atoms. The van der Waals surface area contributed by atoms with Crippen LogP contribution in [-0.2, 0) is 16.1 Å². The summed E-state index contributed by atoms with van der Waals surface area (Å²) in [6.45, 7) is 10.1. The van der Waals surface area contributed by atoms with Gasteiger partial charge in [0.1, 0.15) is 22.9 Å². The van der Waals surface area contributed by atoms with Gasteiger partial charge in [-0.05, 0) is 52.5 Å². The Morgan fingerprint density at radius 2 is 1.72 bits per heavy atom. The minimum absolute atomic E-state index is 0.0819. The van der Waals surface area contributed by atoms with Crippen LogP contribution >= 0.6 is 0 Å². The van der Waals surface area contributed by atoms with E-state index in [9.17, 15) is 14.4 Å². The number of amides is 4. The molecule has 1 aromatic carbocycles. The molecule has 3 heterocycles. The molecule has 13 nitrogen and oxygen atoms in total. The van der Waals surface area contributed by atoms with Crippen LogP contribution in [0.3, 0.4) is 0 Å². The van der Waals surface area contributed by atoms with E-state index in [0.717, 1.165) is 31.2 Å². The van der Waals surface area contributed by atoms with Crippen molar-refractivity contribution in [3.8, 4) is 11.5 Å². The van der Waals surface area contributed by atoms with Crippen LogP contribution in [0.5, 0.6) is 11.5 Å². The van der Waals surface area contributed by atoms with E-state index >= 15 is 0 Å². The average molecular weight is 636 g/mol. The zero-order valence-electron chi connectivity index (χ0n) is 27.4. The molecule has 1 saturated heterocycles. The van der Waals surface area contributed by atoms with Crippen molar-refractivity contribution in [2.24, 2.45) is 0 Å². The number of hydrogen-bond acceptors (Lipinski definition) is 9. The summed E-state index contributed by atoms with van der Waals surface area (Å²) in [6.07, 6.45) is 7.65. The van der Waals surface area contributed by atoms with Gasteiger partial charge < -0.3 is 29.7 Å². The number of benzene rings is 1. The summed E-state index contributed by atoms with van der Waals surface area (Å²) in [5, 5.41) is 6.46. The van der Waals surface area contributed by atoms with Crippen molar-refractivity contribution in [2.75, 3.05) is 42.4 Å².